The van der Waals surface area contributed by atoms with Crippen molar-refractivity contribution in [2.45, 2.75) is 50.0 Å². The second-order valence-corrected chi connectivity index (χ2v) is 8.94. The molecular weight excluding hydrogens is 390 g/mol. The highest BCUT2D eigenvalue weighted by molar-refractivity contribution is 7.90. The van der Waals surface area contributed by atoms with Crippen molar-refractivity contribution in [1.82, 2.24) is 10.0 Å². The number of sulfonamides is 1. The molecule has 0 atom stereocenters. The van der Waals surface area contributed by atoms with E-state index in [0.29, 0.717) is 11.3 Å². The van der Waals surface area contributed by atoms with Gasteiger partial charge in [0.2, 0.25) is 0 Å². The van der Waals surface area contributed by atoms with Crippen LogP contribution in [-0.2, 0) is 10.0 Å². The van der Waals surface area contributed by atoms with Gasteiger partial charge in [-0.3, -0.25) is 4.79 Å². The lowest BCUT2D eigenvalue weighted by Crippen LogP contribution is -2.36. The molecule has 0 saturated heterocycles. The molecule has 1 fully saturated rings. The Morgan fingerprint density at radius 1 is 0.966 bits per heavy atom. The SMILES string of the molecule is Cc1ccc(S(=O)(=O)NC(=O)Nc2cccc(C(=O)NC3CCCCC3)c2)cc1. The van der Waals surface area contributed by atoms with Gasteiger partial charge in [0.25, 0.3) is 15.9 Å². The third-order valence-electron chi connectivity index (χ3n) is 4.88. The summed E-state index contributed by atoms with van der Waals surface area (Å²) in [4.78, 5) is 24.6. The molecule has 29 heavy (non-hydrogen) atoms. The fourth-order valence-corrected chi connectivity index (χ4v) is 4.22. The summed E-state index contributed by atoms with van der Waals surface area (Å²) in [5.41, 5.74) is 1.66. The van der Waals surface area contributed by atoms with Crippen LogP contribution in [0.15, 0.2) is 53.4 Å². The van der Waals surface area contributed by atoms with Crippen LogP contribution in [0.1, 0.15) is 48.0 Å². The largest absolute Gasteiger partial charge is 0.349 e. The summed E-state index contributed by atoms with van der Waals surface area (Å²) in [7, 11) is -3.98. The molecule has 2 aromatic carbocycles. The molecule has 2 aromatic rings. The van der Waals surface area contributed by atoms with E-state index in [9.17, 15) is 18.0 Å². The smallest absolute Gasteiger partial charge is 0.333 e. The van der Waals surface area contributed by atoms with E-state index in [1.54, 1.807) is 30.3 Å². The van der Waals surface area contributed by atoms with E-state index < -0.39 is 16.1 Å². The minimum absolute atomic E-state index is 0.00106. The quantitative estimate of drug-likeness (QED) is 0.694. The van der Waals surface area contributed by atoms with Crippen molar-refractivity contribution in [2.75, 3.05) is 5.32 Å². The first-order valence-corrected chi connectivity index (χ1v) is 11.1. The van der Waals surface area contributed by atoms with Gasteiger partial charge >= 0.3 is 6.03 Å². The van der Waals surface area contributed by atoms with Crippen molar-refractivity contribution in [3.8, 4) is 0 Å². The van der Waals surface area contributed by atoms with Gasteiger partial charge < -0.3 is 10.6 Å². The van der Waals surface area contributed by atoms with Crippen LogP contribution in [0.25, 0.3) is 0 Å². The van der Waals surface area contributed by atoms with Gasteiger partial charge in [-0.15, -0.1) is 0 Å². The standard InChI is InChI=1S/C21H25N3O4S/c1-15-10-12-19(13-11-15)29(27,28)24-21(26)23-18-9-5-6-16(14-18)20(25)22-17-7-3-2-4-8-17/h5-6,9-14,17H,2-4,7-8H2,1H3,(H,22,25)(H2,23,24,26). The van der Waals surface area contributed by atoms with E-state index in [1.165, 1.54) is 24.6 Å². The maximum atomic E-state index is 12.5. The molecule has 1 aliphatic carbocycles. The molecule has 0 spiro atoms. The van der Waals surface area contributed by atoms with Gasteiger partial charge in [-0.1, -0.05) is 43.0 Å². The minimum Gasteiger partial charge on any atom is -0.349 e. The van der Waals surface area contributed by atoms with Gasteiger partial charge in [0.05, 0.1) is 4.90 Å². The number of hydrogen-bond donors (Lipinski definition) is 3. The molecular formula is C21H25N3O4S. The van der Waals surface area contributed by atoms with Crippen LogP contribution in [0.2, 0.25) is 0 Å². The predicted octanol–water partition coefficient (Wildman–Crippen LogP) is 3.57. The zero-order chi connectivity index (χ0) is 20.9. The fraction of sp³-hybridized carbons (Fsp3) is 0.333. The number of aryl methyl sites for hydroxylation is 1. The molecule has 0 radical (unpaired) electrons. The summed E-state index contributed by atoms with van der Waals surface area (Å²) in [6.45, 7) is 1.84. The zero-order valence-electron chi connectivity index (χ0n) is 16.3. The molecule has 3 rings (SSSR count). The highest BCUT2D eigenvalue weighted by Gasteiger charge is 2.19. The number of urea groups is 1. The lowest BCUT2D eigenvalue weighted by atomic mass is 9.95. The Labute approximate surface area is 171 Å². The highest BCUT2D eigenvalue weighted by atomic mass is 32.2. The van der Waals surface area contributed by atoms with E-state index in [-0.39, 0.29) is 16.8 Å². The van der Waals surface area contributed by atoms with Crippen LogP contribution in [0.4, 0.5) is 10.5 Å². The van der Waals surface area contributed by atoms with E-state index >= 15 is 0 Å². The molecule has 0 aliphatic heterocycles. The summed E-state index contributed by atoms with van der Waals surface area (Å²) in [5, 5.41) is 5.49. The molecule has 3 amide bonds. The Morgan fingerprint density at radius 3 is 2.34 bits per heavy atom. The zero-order valence-corrected chi connectivity index (χ0v) is 17.1. The van der Waals surface area contributed by atoms with Gasteiger partial charge in [-0.05, 0) is 50.1 Å². The number of benzene rings is 2. The number of amides is 3. The molecule has 1 aliphatic rings. The summed E-state index contributed by atoms with van der Waals surface area (Å²) in [5.74, 6) is -0.201. The van der Waals surface area contributed by atoms with Crippen LogP contribution < -0.4 is 15.4 Å². The number of nitrogens with one attached hydrogen (secondary N) is 3. The molecule has 7 nitrogen and oxygen atoms in total. The lowest BCUT2D eigenvalue weighted by Gasteiger charge is -2.22. The van der Waals surface area contributed by atoms with Crippen LogP contribution in [0.3, 0.4) is 0 Å². The average molecular weight is 416 g/mol. The second-order valence-electron chi connectivity index (χ2n) is 7.26. The monoisotopic (exact) mass is 415 g/mol. The normalized spacial score (nSPS) is 14.8. The first-order chi connectivity index (χ1) is 13.8. The molecule has 154 valence electrons. The summed E-state index contributed by atoms with van der Waals surface area (Å²) < 4.78 is 26.6. The fourth-order valence-electron chi connectivity index (χ4n) is 3.31. The maximum absolute atomic E-state index is 12.5. The third kappa shape index (κ3) is 5.80. The summed E-state index contributed by atoms with van der Waals surface area (Å²) in [6, 6.07) is 11.9. The molecule has 0 bridgehead atoms. The molecule has 0 aromatic heterocycles. The number of rotatable bonds is 5. The van der Waals surface area contributed by atoms with Crippen LogP contribution >= 0.6 is 0 Å². The van der Waals surface area contributed by atoms with E-state index in [1.807, 2.05) is 11.6 Å². The van der Waals surface area contributed by atoms with Gasteiger partial charge in [0.15, 0.2) is 0 Å². The Bertz CT molecular complexity index is 981. The first-order valence-electron chi connectivity index (χ1n) is 9.65. The third-order valence-corrected chi connectivity index (χ3v) is 6.23. The van der Waals surface area contributed by atoms with Crippen LogP contribution in [0, 0.1) is 6.92 Å². The topological polar surface area (TPSA) is 104 Å². The number of hydrogen-bond acceptors (Lipinski definition) is 4. The van der Waals surface area contributed by atoms with Crippen LogP contribution in [0.5, 0.6) is 0 Å². The van der Waals surface area contributed by atoms with Crippen molar-refractivity contribution < 1.29 is 18.0 Å². The Hall–Kier alpha value is -2.87. The summed E-state index contributed by atoms with van der Waals surface area (Å²) >= 11 is 0. The van der Waals surface area contributed by atoms with Gasteiger partial charge in [0, 0.05) is 17.3 Å². The Morgan fingerprint density at radius 2 is 1.66 bits per heavy atom. The maximum Gasteiger partial charge on any atom is 0.333 e. The first kappa shape index (κ1) is 20.9. The van der Waals surface area contributed by atoms with E-state index in [2.05, 4.69) is 10.6 Å². The highest BCUT2D eigenvalue weighted by Crippen LogP contribution is 2.18. The molecule has 1 saturated carbocycles. The van der Waals surface area contributed by atoms with Crippen molar-refractivity contribution in [3.63, 3.8) is 0 Å². The lowest BCUT2D eigenvalue weighted by molar-refractivity contribution is 0.0927. The van der Waals surface area contributed by atoms with Gasteiger partial charge in [-0.25, -0.2) is 17.9 Å². The van der Waals surface area contributed by atoms with Crippen LogP contribution in [-0.4, -0.2) is 26.4 Å². The minimum atomic E-state index is -3.98. The number of anilines is 1. The van der Waals surface area contributed by atoms with E-state index in [0.717, 1.165) is 31.2 Å². The van der Waals surface area contributed by atoms with E-state index in [4.69, 9.17) is 0 Å². The molecule has 0 unspecified atom stereocenters. The second kappa shape index (κ2) is 9.09. The van der Waals surface area contributed by atoms with Crippen molar-refractivity contribution in [2.24, 2.45) is 0 Å². The number of carbonyl (C=O) groups is 2. The molecule has 3 N–H and O–H groups in total. The van der Waals surface area contributed by atoms with Crippen molar-refractivity contribution >= 4 is 27.6 Å². The van der Waals surface area contributed by atoms with Crippen molar-refractivity contribution in [1.29, 1.82) is 0 Å². The van der Waals surface area contributed by atoms with Gasteiger partial charge in [-0.2, -0.15) is 0 Å². The van der Waals surface area contributed by atoms with Crippen molar-refractivity contribution in [3.05, 3.63) is 59.7 Å². The number of carbonyl (C=O) groups excluding carboxylic acids is 2. The Kier molecular flexibility index (Phi) is 6.53. The Balaban J connectivity index is 1.62. The summed E-state index contributed by atoms with van der Waals surface area (Å²) in [6.07, 6.45) is 5.38. The molecule has 0 heterocycles. The average Bonchev–Trinajstić information content (AvgIpc) is 2.69. The predicted molar refractivity (Wildman–Crippen MR) is 111 cm³/mol. The van der Waals surface area contributed by atoms with Gasteiger partial charge in [0.1, 0.15) is 0 Å². The molecule has 8 heteroatoms.